The van der Waals surface area contributed by atoms with Gasteiger partial charge in [0.1, 0.15) is 0 Å². The number of benzene rings is 1. The molecule has 3 N–H and O–H groups in total. The molecule has 1 unspecified atom stereocenters. The lowest BCUT2D eigenvalue weighted by molar-refractivity contribution is 0.0950. The number of halogens is 1. The van der Waals surface area contributed by atoms with Crippen molar-refractivity contribution in [2.45, 2.75) is 79.1 Å². The number of aromatic amines is 1. The summed E-state index contributed by atoms with van der Waals surface area (Å²) in [6.45, 7) is 13.3. The molecule has 7 heteroatoms. The highest BCUT2D eigenvalue weighted by molar-refractivity contribution is 6.31. The molecule has 1 aromatic carbocycles. The highest BCUT2D eigenvalue weighted by Crippen LogP contribution is 2.32. The fourth-order valence-corrected chi connectivity index (χ4v) is 5.19. The summed E-state index contributed by atoms with van der Waals surface area (Å²) in [4.78, 5) is 30.6. The predicted molar refractivity (Wildman–Crippen MR) is 132 cm³/mol. The molecule has 1 fully saturated rings. The lowest BCUT2D eigenvalue weighted by atomic mass is 9.92. The van der Waals surface area contributed by atoms with Gasteiger partial charge >= 0.3 is 0 Å². The van der Waals surface area contributed by atoms with Crippen LogP contribution in [0.15, 0.2) is 23.0 Å². The monoisotopic (exact) mass is 458 g/mol. The van der Waals surface area contributed by atoms with Gasteiger partial charge in [-0.15, -0.1) is 0 Å². The van der Waals surface area contributed by atoms with Gasteiger partial charge in [-0.2, -0.15) is 0 Å². The molecular weight excluding hydrogens is 424 g/mol. The van der Waals surface area contributed by atoms with Crippen LogP contribution in [-0.4, -0.2) is 35.6 Å². The van der Waals surface area contributed by atoms with Gasteiger partial charge in [0.25, 0.3) is 11.5 Å². The number of carbonyl (C=O) groups is 1. The van der Waals surface area contributed by atoms with Gasteiger partial charge in [-0.05, 0) is 83.7 Å². The molecule has 1 amide bonds. The normalized spacial score (nSPS) is 20.8. The van der Waals surface area contributed by atoms with Gasteiger partial charge < -0.3 is 20.5 Å². The summed E-state index contributed by atoms with van der Waals surface area (Å²) in [7, 11) is 0. The predicted octanol–water partition coefficient (Wildman–Crippen LogP) is 4.24. The van der Waals surface area contributed by atoms with E-state index in [0.29, 0.717) is 34.3 Å². The molecule has 0 radical (unpaired) electrons. The SMILES string of the molecule is CCN(c1cc(Cl)cc(C(=O)NCc2c(C)cc(C)[nH]c2=O)c1C)C1C[C@@H](C)N[C@@H](C)C1. The third kappa shape index (κ3) is 5.36. The lowest BCUT2D eigenvalue weighted by Gasteiger charge is -2.41. The van der Waals surface area contributed by atoms with Crippen LogP contribution in [0.4, 0.5) is 5.69 Å². The van der Waals surface area contributed by atoms with E-state index in [2.05, 4.69) is 41.3 Å². The number of H-pyrrole nitrogens is 1. The fourth-order valence-electron chi connectivity index (χ4n) is 4.98. The smallest absolute Gasteiger partial charge is 0.253 e. The minimum Gasteiger partial charge on any atom is -0.368 e. The molecular formula is C25H35ClN4O2. The molecule has 1 aromatic heterocycles. The van der Waals surface area contributed by atoms with E-state index in [1.54, 1.807) is 6.07 Å². The Hall–Kier alpha value is -2.31. The number of pyridine rings is 1. The van der Waals surface area contributed by atoms with Gasteiger partial charge in [-0.1, -0.05) is 11.6 Å². The Bertz CT molecular complexity index is 1040. The van der Waals surface area contributed by atoms with E-state index in [4.69, 9.17) is 11.6 Å². The summed E-state index contributed by atoms with van der Waals surface area (Å²) in [6, 6.07) is 6.85. The van der Waals surface area contributed by atoms with Crippen molar-refractivity contribution >= 4 is 23.2 Å². The minimum atomic E-state index is -0.228. The second-order valence-corrected chi connectivity index (χ2v) is 9.54. The summed E-state index contributed by atoms with van der Waals surface area (Å²) in [5.74, 6) is -0.228. The van der Waals surface area contributed by atoms with E-state index in [0.717, 1.165) is 41.9 Å². The summed E-state index contributed by atoms with van der Waals surface area (Å²) < 4.78 is 0. The van der Waals surface area contributed by atoms with E-state index in [1.165, 1.54) is 0 Å². The van der Waals surface area contributed by atoms with E-state index in [9.17, 15) is 9.59 Å². The molecule has 2 aromatic rings. The van der Waals surface area contributed by atoms with Crippen LogP contribution in [0, 0.1) is 20.8 Å². The van der Waals surface area contributed by atoms with Crippen LogP contribution in [0.3, 0.4) is 0 Å². The number of piperidine rings is 1. The molecule has 3 rings (SSSR count). The Labute approximate surface area is 195 Å². The van der Waals surface area contributed by atoms with Crippen LogP contribution < -0.4 is 21.1 Å². The molecule has 0 saturated carbocycles. The van der Waals surface area contributed by atoms with Gasteiger partial charge in [0, 0.05) is 58.7 Å². The molecule has 1 aliphatic rings. The minimum absolute atomic E-state index is 0.169. The molecule has 32 heavy (non-hydrogen) atoms. The number of aromatic nitrogens is 1. The van der Waals surface area contributed by atoms with Gasteiger partial charge in [-0.25, -0.2) is 0 Å². The maximum atomic E-state index is 13.1. The number of hydrogen-bond acceptors (Lipinski definition) is 4. The molecule has 0 bridgehead atoms. The number of rotatable bonds is 6. The van der Waals surface area contributed by atoms with E-state index in [-0.39, 0.29) is 18.0 Å². The molecule has 1 aliphatic heterocycles. The highest BCUT2D eigenvalue weighted by atomic mass is 35.5. The van der Waals surface area contributed by atoms with Gasteiger partial charge in [0.15, 0.2) is 0 Å². The average Bonchev–Trinajstić information content (AvgIpc) is 2.69. The Kier molecular flexibility index (Phi) is 7.67. The first-order valence-electron chi connectivity index (χ1n) is 11.4. The molecule has 6 nitrogen and oxygen atoms in total. The zero-order chi connectivity index (χ0) is 23.6. The van der Waals surface area contributed by atoms with Crippen LogP contribution in [0.2, 0.25) is 5.02 Å². The van der Waals surface area contributed by atoms with Crippen molar-refractivity contribution in [3.8, 4) is 0 Å². The van der Waals surface area contributed by atoms with E-state index >= 15 is 0 Å². The van der Waals surface area contributed by atoms with Gasteiger partial charge in [0.2, 0.25) is 0 Å². The summed E-state index contributed by atoms with van der Waals surface area (Å²) in [6.07, 6.45) is 2.09. The third-order valence-electron chi connectivity index (χ3n) is 6.42. The number of amides is 1. The maximum Gasteiger partial charge on any atom is 0.253 e. The Morgan fingerprint density at radius 3 is 2.41 bits per heavy atom. The molecule has 0 spiro atoms. The Balaban J connectivity index is 1.87. The van der Waals surface area contributed by atoms with Gasteiger partial charge in [0.05, 0.1) is 0 Å². The summed E-state index contributed by atoms with van der Waals surface area (Å²) >= 11 is 6.47. The first-order chi connectivity index (χ1) is 15.1. The summed E-state index contributed by atoms with van der Waals surface area (Å²) in [5, 5.41) is 7.05. The number of nitrogens with one attached hydrogen (secondary N) is 3. The zero-order valence-electron chi connectivity index (χ0n) is 19.9. The van der Waals surface area contributed by atoms with Crippen molar-refractivity contribution in [2.75, 3.05) is 11.4 Å². The second kappa shape index (κ2) is 10.1. The average molecular weight is 459 g/mol. The molecule has 3 atom stereocenters. The van der Waals surface area contributed by atoms with Crippen LogP contribution in [0.25, 0.3) is 0 Å². The lowest BCUT2D eigenvalue weighted by Crippen LogP contribution is -2.51. The van der Waals surface area contributed by atoms with Crippen molar-refractivity contribution in [3.63, 3.8) is 0 Å². The number of carbonyl (C=O) groups excluding carboxylic acids is 1. The van der Waals surface area contributed by atoms with E-state index < -0.39 is 0 Å². The zero-order valence-corrected chi connectivity index (χ0v) is 20.7. The topological polar surface area (TPSA) is 77.2 Å². The molecule has 1 saturated heterocycles. The van der Waals surface area contributed by atoms with Crippen molar-refractivity contribution in [1.82, 2.24) is 15.6 Å². The number of anilines is 1. The van der Waals surface area contributed by atoms with E-state index in [1.807, 2.05) is 32.9 Å². The Morgan fingerprint density at radius 1 is 1.16 bits per heavy atom. The van der Waals surface area contributed by atoms with Gasteiger partial charge in [-0.3, -0.25) is 9.59 Å². The quantitative estimate of drug-likeness (QED) is 0.605. The second-order valence-electron chi connectivity index (χ2n) is 9.10. The van der Waals surface area contributed by atoms with Crippen LogP contribution >= 0.6 is 11.6 Å². The van der Waals surface area contributed by atoms with Crippen LogP contribution in [0.1, 0.15) is 66.4 Å². The molecule has 0 aliphatic carbocycles. The number of nitrogens with zero attached hydrogens (tertiary/aromatic N) is 1. The molecule has 2 heterocycles. The van der Waals surface area contributed by atoms with Crippen molar-refractivity contribution < 1.29 is 4.79 Å². The number of hydrogen-bond donors (Lipinski definition) is 3. The largest absolute Gasteiger partial charge is 0.368 e. The summed E-state index contributed by atoms with van der Waals surface area (Å²) in [5.41, 5.74) is 4.51. The molecule has 174 valence electrons. The maximum absolute atomic E-state index is 13.1. The van der Waals surface area contributed by atoms with Crippen molar-refractivity contribution in [3.05, 3.63) is 61.5 Å². The first kappa shape index (κ1) is 24.3. The van der Waals surface area contributed by atoms with Crippen molar-refractivity contribution in [1.29, 1.82) is 0 Å². The van der Waals surface area contributed by atoms with Crippen LogP contribution in [-0.2, 0) is 6.54 Å². The standard InChI is InChI=1S/C25H35ClN4O2/c1-7-30(20-9-16(4)28-17(5)10-20)23-12-19(26)11-21(18(23)6)24(31)27-13-22-14(2)8-15(3)29-25(22)32/h8,11-12,16-17,20,28H,7,9-10,13H2,1-6H3,(H,27,31)(H,29,32)/t16-,17+,20?. The highest BCUT2D eigenvalue weighted by Gasteiger charge is 2.29. The Morgan fingerprint density at radius 2 is 1.81 bits per heavy atom. The number of aryl methyl sites for hydroxylation is 2. The third-order valence-corrected chi connectivity index (χ3v) is 6.64. The van der Waals surface area contributed by atoms with Crippen LogP contribution in [0.5, 0.6) is 0 Å². The fraction of sp³-hybridized carbons (Fsp3) is 0.520. The first-order valence-corrected chi connectivity index (χ1v) is 11.8. The van der Waals surface area contributed by atoms with Crippen molar-refractivity contribution in [2.24, 2.45) is 0 Å².